The van der Waals surface area contributed by atoms with Crippen LogP contribution in [0.4, 0.5) is 0 Å². The van der Waals surface area contributed by atoms with Crippen molar-refractivity contribution in [2.45, 2.75) is 19.8 Å². The van der Waals surface area contributed by atoms with Gasteiger partial charge in [0.15, 0.2) is 0 Å². The van der Waals surface area contributed by atoms with Crippen LogP contribution in [0.2, 0.25) is 0 Å². The highest BCUT2D eigenvalue weighted by molar-refractivity contribution is 6.15. The molecule has 4 rings (SSSR count). The van der Waals surface area contributed by atoms with Gasteiger partial charge in [0.25, 0.3) is 0 Å². The summed E-state index contributed by atoms with van der Waals surface area (Å²) >= 11 is 0. The van der Waals surface area contributed by atoms with Gasteiger partial charge in [-0.3, -0.25) is 4.99 Å². The largest absolute Gasteiger partial charge is 0.455 e. The van der Waals surface area contributed by atoms with Crippen LogP contribution >= 0.6 is 0 Å². The minimum atomic E-state index is 0.581. The molecule has 1 aliphatic heterocycles. The average Bonchev–Trinajstić information content (AvgIpc) is 2.93. The number of benzene rings is 2. The van der Waals surface area contributed by atoms with Gasteiger partial charge in [-0.15, -0.1) is 0 Å². The summed E-state index contributed by atoms with van der Waals surface area (Å²) in [5.74, 6) is 0.581. The summed E-state index contributed by atoms with van der Waals surface area (Å²) in [5, 5.41) is 2.35. The van der Waals surface area contributed by atoms with Crippen molar-refractivity contribution in [1.29, 1.82) is 0 Å². The van der Waals surface area contributed by atoms with Crippen molar-refractivity contribution in [3.8, 4) is 0 Å². The molecule has 2 nitrogen and oxygen atoms in total. The number of rotatable bonds is 2. The molecule has 1 aromatic heterocycles. The zero-order valence-electron chi connectivity index (χ0n) is 12.0. The number of allylic oxidation sites excluding steroid dienone is 1. The Balaban J connectivity index is 1.93. The average molecular weight is 275 g/mol. The van der Waals surface area contributed by atoms with Gasteiger partial charge < -0.3 is 4.42 Å². The minimum absolute atomic E-state index is 0.581. The van der Waals surface area contributed by atoms with Gasteiger partial charge in [-0.25, -0.2) is 0 Å². The van der Waals surface area contributed by atoms with Crippen molar-refractivity contribution >= 4 is 27.7 Å². The first kappa shape index (κ1) is 12.4. The van der Waals surface area contributed by atoms with Crippen molar-refractivity contribution in [2.24, 2.45) is 10.9 Å². The molecule has 3 aromatic rings. The van der Waals surface area contributed by atoms with Crippen LogP contribution in [0, 0.1) is 5.92 Å². The lowest BCUT2D eigenvalue weighted by molar-refractivity contribution is 0.644. The number of furan rings is 1. The van der Waals surface area contributed by atoms with E-state index >= 15 is 0 Å². The lowest BCUT2D eigenvalue weighted by atomic mass is 9.93. The second-order valence-corrected chi connectivity index (χ2v) is 5.57. The summed E-state index contributed by atoms with van der Waals surface area (Å²) in [7, 11) is 0. The molecule has 0 amide bonds. The van der Waals surface area contributed by atoms with E-state index in [9.17, 15) is 0 Å². The van der Waals surface area contributed by atoms with E-state index in [1.165, 1.54) is 10.8 Å². The van der Waals surface area contributed by atoms with Gasteiger partial charge in [-0.1, -0.05) is 43.3 Å². The highest BCUT2D eigenvalue weighted by atomic mass is 16.3. The number of para-hydroxylation sites is 2. The van der Waals surface area contributed by atoms with Gasteiger partial charge in [0, 0.05) is 22.5 Å². The molecular weight excluding hydrogens is 258 g/mol. The summed E-state index contributed by atoms with van der Waals surface area (Å²) in [4.78, 5) is 4.59. The van der Waals surface area contributed by atoms with E-state index in [1.54, 1.807) is 0 Å². The van der Waals surface area contributed by atoms with Gasteiger partial charge in [0.1, 0.15) is 11.2 Å². The van der Waals surface area contributed by atoms with Crippen LogP contribution in [0.1, 0.15) is 25.3 Å². The van der Waals surface area contributed by atoms with Crippen molar-refractivity contribution in [1.82, 2.24) is 0 Å². The lowest BCUT2D eigenvalue weighted by Crippen LogP contribution is -2.10. The maximum Gasteiger partial charge on any atom is 0.144 e. The van der Waals surface area contributed by atoms with Crippen LogP contribution in [-0.2, 0) is 0 Å². The number of nitrogens with zero attached hydrogens (tertiary/aromatic N) is 1. The SMILES string of the molecule is CCC1C=CN=C(c2cccc3c2oc2ccccc23)C1. The Morgan fingerprint density at radius 1 is 1.10 bits per heavy atom. The fourth-order valence-corrected chi connectivity index (χ4v) is 3.06. The first-order chi connectivity index (χ1) is 10.4. The lowest BCUT2D eigenvalue weighted by Gasteiger charge is -2.16. The standard InChI is InChI=1S/C19H17NO/c1-2-13-10-11-20-17(12-13)16-8-5-7-15-14-6-3-4-9-18(14)21-19(15)16/h3-11,13H,2,12H2,1H3. The van der Waals surface area contributed by atoms with Crippen LogP contribution in [0.3, 0.4) is 0 Å². The molecule has 2 heteroatoms. The van der Waals surface area contributed by atoms with Crippen molar-refractivity contribution in [3.63, 3.8) is 0 Å². The summed E-state index contributed by atoms with van der Waals surface area (Å²) in [6.45, 7) is 2.22. The summed E-state index contributed by atoms with van der Waals surface area (Å²) in [5.41, 5.74) is 4.17. The molecule has 0 fully saturated rings. The fraction of sp³-hybridized carbons (Fsp3) is 0.211. The highest BCUT2D eigenvalue weighted by Crippen LogP contribution is 2.32. The zero-order chi connectivity index (χ0) is 14.2. The number of fused-ring (bicyclic) bond motifs is 3. The van der Waals surface area contributed by atoms with Gasteiger partial charge in [-0.2, -0.15) is 0 Å². The van der Waals surface area contributed by atoms with Crippen LogP contribution < -0.4 is 0 Å². The Hall–Kier alpha value is -2.35. The van der Waals surface area contributed by atoms with E-state index < -0.39 is 0 Å². The topological polar surface area (TPSA) is 25.5 Å². The summed E-state index contributed by atoms with van der Waals surface area (Å²) < 4.78 is 6.10. The quantitative estimate of drug-likeness (QED) is 0.621. The molecule has 0 saturated carbocycles. The van der Waals surface area contributed by atoms with Crippen molar-refractivity contribution in [3.05, 3.63) is 60.3 Å². The van der Waals surface area contributed by atoms with Crippen LogP contribution in [-0.4, -0.2) is 5.71 Å². The minimum Gasteiger partial charge on any atom is -0.455 e. The molecule has 0 radical (unpaired) electrons. The molecular formula is C19H17NO. The molecule has 0 aliphatic carbocycles. The smallest absolute Gasteiger partial charge is 0.144 e. The third-order valence-corrected chi connectivity index (χ3v) is 4.28. The monoisotopic (exact) mass is 275 g/mol. The molecule has 1 atom stereocenters. The second kappa shape index (κ2) is 4.88. The molecule has 2 heterocycles. The van der Waals surface area contributed by atoms with Crippen LogP contribution in [0.15, 0.2) is 64.2 Å². The third-order valence-electron chi connectivity index (χ3n) is 4.28. The Morgan fingerprint density at radius 3 is 2.86 bits per heavy atom. The number of aliphatic imine (C=N–C) groups is 1. The molecule has 2 aromatic carbocycles. The Labute approximate surface area is 123 Å². The van der Waals surface area contributed by atoms with Crippen LogP contribution in [0.5, 0.6) is 0 Å². The maximum atomic E-state index is 6.10. The Kier molecular flexibility index (Phi) is 2.88. The van der Waals surface area contributed by atoms with E-state index in [2.05, 4.69) is 48.3 Å². The van der Waals surface area contributed by atoms with E-state index in [0.717, 1.165) is 35.3 Å². The van der Waals surface area contributed by atoms with Gasteiger partial charge >= 0.3 is 0 Å². The molecule has 104 valence electrons. The first-order valence-corrected chi connectivity index (χ1v) is 7.51. The van der Waals surface area contributed by atoms with Crippen molar-refractivity contribution < 1.29 is 4.42 Å². The van der Waals surface area contributed by atoms with Gasteiger partial charge in [0.2, 0.25) is 0 Å². The van der Waals surface area contributed by atoms with Gasteiger partial charge in [0.05, 0.1) is 5.71 Å². The number of hydrogen-bond acceptors (Lipinski definition) is 2. The molecule has 0 spiro atoms. The fourth-order valence-electron chi connectivity index (χ4n) is 3.06. The Bertz CT molecular complexity index is 870. The zero-order valence-corrected chi connectivity index (χ0v) is 12.0. The second-order valence-electron chi connectivity index (χ2n) is 5.57. The van der Waals surface area contributed by atoms with E-state index in [1.807, 2.05) is 18.3 Å². The number of hydrogen-bond donors (Lipinski definition) is 0. The molecule has 1 aliphatic rings. The first-order valence-electron chi connectivity index (χ1n) is 7.51. The predicted molar refractivity (Wildman–Crippen MR) is 87.8 cm³/mol. The van der Waals surface area contributed by atoms with E-state index in [0.29, 0.717) is 5.92 Å². The normalized spacial score (nSPS) is 18.3. The maximum absolute atomic E-state index is 6.10. The molecule has 0 bridgehead atoms. The Morgan fingerprint density at radius 2 is 1.95 bits per heavy atom. The molecule has 0 N–H and O–H groups in total. The summed E-state index contributed by atoms with van der Waals surface area (Å²) in [6.07, 6.45) is 6.27. The van der Waals surface area contributed by atoms with E-state index in [4.69, 9.17) is 4.42 Å². The highest BCUT2D eigenvalue weighted by Gasteiger charge is 2.18. The van der Waals surface area contributed by atoms with Gasteiger partial charge in [-0.05, 0) is 30.9 Å². The molecule has 0 saturated heterocycles. The molecule has 1 unspecified atom stereocenters. The molecule has 21 heavy (non-hydrogen) atoms. The van der Waals surface area contributed by atoms with Crippen LogP contribution in [0.25, 0.3) is 21.9 Å². The predicted octanol–water partition coefficient (Wildman–Crippen LogP) is 5.32. The van der Waals surface area contributed by atoms with Crippen molar-refractivity contribution in [2.75, 3.05) is 0 Å². The summed E-state index contributed by atoms with van der Waals surface area (Å²) in [6, 6.07) is 14.5. The third kappa shape index (κ3) is 1.99. The van der Waals surface area contributed by atoms with E-state index in [-0.39, 0.29) is 0 Å².